The third kappa shape index (κ3) is 5.92. The molecule has 2 atom stereocenters. The van der Waals surface area contributed by atoms with Crippen LogP contribution in [0.25, 0.3) is 0 Å². The topological polar surface area (TPSA) is 97.6 Å². The highest BCUT2D eigenvalue weighted by Gasteiger charge is 2.35. The van der Waals surface area contributed by atoms with E-state index >= 15 is 0 Å². The summed E-state index contributed by atoms with van der Waals surface area (Å²) in [4.78, 5) is 39.8. The van der Waals surface area contributed by atoms with Gasteiger partial charge >= 0.3 is 5.97 Å². The fourth-order valence-electron chi connectivity index (χ4n) is 6.41. The first-order chi connectivity index (χ1) is 17.0. The molecule has 0 radical (unpaired) electrons. The summed E-state index contributed by atoms with van der Waals surface area (Å²) in [6, 6.07) is -0.386. The third-order valence-electron chi connectivity index (χ3n) is 8.31. The Bertz CT molecular complexity index is 963. The second-order valence-electron chi connectivity index (χ2n) is 10.7. The predicted molar refractivity (Wildman–Crippen MR) is 135 cm³/mol. The molecule has 1 amide bonds. The van der Waals surface area contributed by atoms with Crippen LogP contribution in [0.1, 0.15) is 112 Å². The van der Waals surface area contributed by atoms with E-state index in [1.807, 2.05) is 4.57 Å². The summed E-state index contributed by atoms with van der Waals surface area (Å²) >= 11 is 0. The molecule has 0 aliphatic heterocycles. The molecule has 194 valence electrons. The number of aromatic hydroxyl groups is 1. The lowest BCUT2D eigenvalue weighted by Gasteiger charge is -2.31. The molecular formula is C28H42N2O5. The number of pyridine rings is 1. The average Bonchev–Trinajstić information content (AvgIpc) is 2.83. The number of nitrogens with zero attached hydrogens (tertiary/aromatic N) is 1. The Hall–Kier alpha value is -2.31. The number of hydrogen-bond acceptors (Lipinski definition) is 5. The number of fused-ring (bicyclic) bond motifs is 1. The molecule has 4 rings (SSSR count). The number of carbonyl (C=O) groups excluding carboxylic acids is 2. The third-order valence-corrected chi connectivity index (χ3v) is 8.31. The summed E-state index contributed by atoms with van der Waals surface area (Å²) in [6.07, 6.45) is 14.6. The quantitative estimate of drug-likeness (QED) is 0.571. The van der Waals surface area contributed by atoms with Crippen molar-refractivity contribution in [3.63, 3.8) is 0 Å². The zero-order valence-corrected chi connectivity index (χ0v) is 21.3. The summed E-state index contributed by atoms with van der Waals surface area (Å²) in [5, 5.41) is 14.2. The molecule has 3 aliphatic rings. The van der Waals surface area contributed by atoms with Gasteiger partial charge in [0.1, 0.15) is 11.3 Å². The van der Waals surface area contributed by atoms with E-state index in [9.17, 15) is 19.5 Å². The van der Waals surface area contributed by atoms with Crippen molar-refractivity contribution in [2.45, 2.75) is 116 Å². The van der Waals surface area contributed by atoms with Crippen LogP contribution in [-0.2, 0) is 28.9 Å². The van der Waals surface area contributed by atoms with Crippen molar-refractivity contribution in [1.82, 2.24) is 9.88 Å². The summed E-state index contributed by atoms with van der Waals surface area (Å²) < 4.78 is 7.07. The Morgan fingerprint density at radius 2 is 1.60 bits per heavy atom. The summed E-state index contributed by atoms with van der Waals surface area (Å²) in [5.74, 6) is -0.982. The molecule has 1 aromatic rings. The van der Waals surface area contributed by atoms with Crippen LogP contribution in [0.15, 0.2) is 4.79 Å². The Kier molecular flexibility index (Phi) is 8.90. The van der Waals surface area contributed by atoms with Gasteiger partial charge in [0.05, 0.1) is 12.5 Å². The number of carbonyl (C=O) groups is 2. The largest absolute Gasteiger partial charge is 0.507 e. The highest BCUT2D eigenvalue weighted by atomic mass is 16.5. The van der Waals surface area contributed by atoms with Gasteiger partial charge in [0.25, 0.3) is 11.5 Å². The zero-order valence-electron chi connectivity index (χ0n) is 21.3. The maximum absolute atomic E-state index is 13.8. The van der Waals surface area contributed by atoms with Crippen LogP contribution < -0.4 is 10.9 Å². The molecule has 3 aliphatic carbocycles. The monoisotopic (exact) mass is 486 g/mol. The Balaban J connectivity index is 1.68. The lowest BCUT2D eigenvalue weighted by Crippen LogP contribution is -2.47. The SMILES string of the molecule is CCOC(=O)C1CCCCC1NC(=O)c1c(O)c2c(n(CC3CCCCC3)c1=O)CCCCCC2. The summed E-state index contributed by atoms with van der Waals surface area (Å²) in [7, 11) is 0. The minimum atomic E-state index is -0.559. The van der Waals surface area contributed by atoms with Crippen LogP contribution in [0.3, 0.4) is 0 Å². The standard InChI is InChI=1S/C28H42N2O5/c1-2-35-28(34)20-14-10-11-16-22(20)29-26(32)24-25(31)21-15-8-3-4-9-17-23(21)30(27(24)33)18-19-12-6-5-7-13-19/h19-20,22,31H,2-18H2,1H3,(H,29,32). The fourth-order valence-corrected chi connectivity index (χ4v) is 6.41. The Morgan fingerprint density at radius 3 is 2.34 bits per heavy atom. The van der Waals surface area contributed by atoms with Gasteiger partial charge in [-0.05, 0) is 64.2 Å². The van der Waals surface area contributed by atoms with Gasteiger partial charge in [-0.15, -0.1) is 0 Å². The van der Waals surface area contributed by atoms with Crippen molar-refractivity contribution in [2.75, 3.05) is 6.61 Å². The van der Waals surface area contributed by atoms with E-state index in [0.29, 0.717) is 38.3 Å². The van der Waals surface area contributed by atoms with Gasteiger partial charge in [-0.1, -0.05) is 44.9 Å². The molecule has 0 bridgehead atoms. The first-order valence-electron chi connectivity index (χ1n) is 14.0. The maximum atomic E-state index is 13.8. The molecular weight excluding hydrogens is 444 g/mol. The molecule has 1 heterocycles. The van der Waals surface area contributed by atoms with Crippen molar-refractivity contribution in [1.29, 1.82) is 0 Å². The van der Waals surface area contributed by atoms with E-state index in [1.54, 1.807) is 6.92 Å². The van der Waals surface area contributed by atoms with Crippen molar-refractivity contribution < 1.29 is 19.4 Å². The minimum absolute atomic E-state index is 0.145. The normalized spacial score (nSPS) is 23.6. The van der Waals surface area contributed by atoms with Gasteiger partial charge in [-0.2, -0.15) is 0 Å². The summed E-state index contributed by atoms with van der Waals surface area (Å²) in [6.45, 7) is 2.70. The first-order valence-corrected chi connectivity index (χ1v) is 14.0. The number of ether oxygens (including phenoxy) is 1. The van der Waals surface area contributed by atoms with E-state index in [4.69, 9.17) is 4.74 Å². The summed E-state index contributed by atoms with van der Waals surface area (Å²) in [5.41, 5.74) is 1.17. The van der Waals surface area contributed by atoms with E-state index < -0.39 is 11.8 Å². The number of hydrogen-bond donors (Lipinski definition) is 2. The van der Waals surface area contributed by atoms with Gasteiger partial charge in [0, 0.05) is 23.8 Å². The van der Waals surface area contributed by atoms with E-state index in [0.717, 1.165) is 69.0 Å². The molecule has 7 heteroatoms. The van der Waals surface area contributed by atoms with E-state index in [-0.39, 0.29) is 28.9 Å². The Labute approximate surface area is 208 Å². The zero-order chi connectivity index (χ0) is 24.8. The van der Waals surface area contributed by atoms with Crippen molar-refractivity contribution in [3.8, 4) is 5.75 Å². The second-order valence-corrected chi connectivity index (χ2v) is 10.7. The fraction of sp³-hybridized carbons (Fsp3) is 0.750. The van der Waals surface area contributed by atoms with E-state index in [2.05, 4.69) is 5.32 Å². The highest BCUT2D eigenvalue weighted by molar-refractivity contribution is 5.97. The first kappa shape index (κ1) is 25.8. The molecule has 2 N–H and O–H groups in total. The molecule has 2 saturated carbocycles. The smallest absolute Gasteiger partial charge is 0.311 e. The van der Waals surface area contributed by atoms with Crippen LogP contribution in [0, 0.1) is 11.8 Å². The van der Waals surface area contributed by atoms with Crippen molar-refractivity contribution >= 4 is 11.9 Å². The molecule has 0 spiro atoms. The van der Waals surface area contributed by atoms with Crippen LogP contribution in [0.5, 0.6) is 5.75 Å². The number of rotatable bonds is 6. The lowest BCUT2D eigenvalue weighted by atomic mass is 9.84. The van der Waals surface area contributed by atoms with Crippen LogP contribution in [-0.4, -0.2) is 34.2 Å². The van der Waals surface area contributed by atoms with Crippen molar-refractivity contribution in [2.24, 2.45) is 11.8 Å². The average molecular weight is 487 g/mol. The highest BCUT2D eigenvalue weighted by Crippen LogP contribution is 2.32. The molecule has 1 aromatic heterocycles. The van der Waals surface area contributed by atoms with Crippen molar-refractivity contribution in [3.05, 3.63) is 27.2 Å². The van der Waals surface area contributed by atoms with Gasteiger partial charge in [0.15, 0.2) is 0 Å². The number of esters is 1. The van der Waals surface area contributed by atoms with Gasteiger partial charge < -0.3 is 19.7 Å². The number of amides is 1. The number of aromatic nitrogens is 1. The van der Waals surface area contributed by atoms with Gasteiger partial charge in [-0.25, -0.2) is 0 Å². The predicted octanol–water partition coefficient (Wildman–Crippen LogP) is 4.64. The Morgan fingerprint density at radius 1 is 0.943 bits per heavy atom. The molecule has 0 saturated heterocycles. The van der Waals surface area contributed by atoms with Crippen LogP contribution >= 0.6 is 0 Å². The van der Waals surface area contributed by atoms with Crippen LogP contribution in [0.2, 0.25) is 0 Å². The molecule has 35 heavy (non-hydrogen) atoms. The van der Waals surface area contributed by atoms with Gasteiger partial charge in [-0.3, -0.25) is 14.4 Å². The lowest BCUT2D eigenvalue weighted by molar-refractivity contribution is -0.150. The molecule has 7 nitrogen and oxygen atoms in total. The van der Waals surface area contributed by atoms with Gasteiger partial charge in [0.2, 0.25) is 0 Å². The second kappa shape index (κ2) is 12.1. The maximum Gasteiger partial charge on any atom is 0.311 e. The van der Waals surface area contributed by atoms with E-state index in [1.165, 1.54) is 19.3 Å². The molecule has 2 fully saturated rings. The molecule has 0 aromatic carbocycles. The van der Waals surface area contributed by atoms with Crippen LogP contribution in [0.4, 0.5) is 0 Å². The number of nitrogens with one attached hydrogen (secondary N) is 1. The minimum Gasteiger partial charge on any atom is -0.507 e. The molecule has 2 unspecified atom stereocenters.